The van der Waals surface area contributed by atoms with Gasteiger partial charge in [0.2, 0.25) is 5.91 Å². The van der Waals surface area contributed by atoms with Gasteiger partial charge in [-0.05, 0) is 61.7 Å². The molecule has 1 fully saturated rings. The zero-order valence-electron chi connectivity index (χ0n) is 16.9. The number of carbonyl (C=O) groups is 2. The van der Waals surface area contributed by atoms with Gasteiger partial charge in [-0.1, -0.05) is 24.3 Å². The number of methoxy groups -OCH3 is 1. The van der Waals surface area contributed by atoms with Crippen LogP contribution in [0.3, 0.4) is 0 Å². The van der Waals surface area contributed by atoms with Crippen LogP contribution in [-0.2, 0) is 16.1 Å². The fourth-order valence-electron chi connectivity index (χ4n) is 3.86. The summed E-state index contributed by atoms with van der Waals surface area (Å²) in [5, 5.41) is 3.41. The molecule has 0 bridgehead atoms. The number of carbonyl (C=O) groups excluding carboxylic acids is 2. The molecule has 154 valence electrons. The summed E-state index contributed by atoms with van der Waals surface area (Å²) >= 11 is 0. The monoisotopic (exact) mass is 398 g/mol. The SMILES string of the molecule is COC(=O)c1ccc(CNCC[C@H]2CCC(=O)N2[C@@H](C)c2ccc(F)cc2)cc1. The van der Waals surface area contributed by atoms with Gasteiger partial charge in [0.15, 0.2) is 0 Å². The lowest BCUT2D eigenvalue weighted by molar-refractivity contribution is -0.131. The van der Waals surface area contributed by atoms with Crippen LogP contribution in [0.2, 0.25) is 0 Å². The molecule has 1 amide bonds. The van der Waals surface area contributed by atoms with Gasteiger partial charge in [-0.2, -0.15) is 0 Å². The standard InChI is InChI=1S/C23H27FN2O3/c1-16(18-7-9-20(24)10-8-18)26-21(11-12-22(26)27)13-14-25-15-17-3-5-19(6-4-17)23(28)29-2/h3-10,16,21,25H,11-15H2,1-2H3/t16-,21+/m0/s1. The molecule has 1 saturated heterocycles. The lowest BCUT2D eigenvalue weighted by Crippen LogP contribution is -2.37. The Kier molecular flexibility index (Phi) is 6.99. The average molecular weight is 398 g/mol. The first-order valence-electron chi connectivity index (χ1n) is 9.94. The number of amides is 1. The molecule has 0 aromatic heterocycles. The molecule has 0 spiro atoms. The van der Waals surface area contributed by atoms with Crippen LogP contribution in [0.4, 0.5) is 4.39 Å². The van der Waals surface area contributed by atoms with Crippen LogP contribution >= 0.6 is 0 Å². The fraction of sp³-hybridized carbons (Fsp3) is 0.391. The van der Waals surface area contributed by atoms with Gasteiger partial charge in [-0.15, -0.1) is 0 Å². The fourth-order valence-corrected chi connectivity index (χ4v) is 3.86. The van der Waals surface area contributed by atoms with Crippen molar-refractivity contribution in [3.8, 4) is 0 Å². The molecule has 2 aromatic rings. The van der Waals surface area contributed by atoms with Gasteiger partial charge in [0.1, 0.15) is 5.82 Å². The number of nitrogens with zero attached hydrogens (tertiary/aromatic N) is 1. The number of rotatable bonds is 8. The van der Waals surface area contributed by atoms with Crippen LogP contribution in [0.1, 0.15) is 53.7 Å². The van der Waals surface area contributed by atoms with E-state index in [1.54, 1.807) is 24.3 Å². The predicted octanol–water partition coefficient (Wildman–Crippen LogP) is 3.84. The zero-order valence-corrected chi connectivity index (χ0v) is 16.9. The number of nitrogens with one attached hydrogen (secondary N) is 1. The largest absolute Gasteiger partial charge is 0.465 e. The Morgan fingerprint density at radius 2 is 1.90 bits per heavy atom. The summed E-state index contributed by atoms with van der Waals surface area (Å²) in [4.78, 5) is 25.8. The minimum atomic E-state index is -0.342. The minimum absolute atomic E-state index is 0.0681. The summed E-state index contributed by atoms with van der Waals surface area (Å²) < 4.78 is 17.9. The maximum atomic E-state index is 13.2. The van der Waals surface area contributed by atoms with Crippen LogP contribution in [-0.4, -0.2) is 36.5 Å². The second-order valence-corrected chi connectivity index (χ2v) is 7.37. The summed E-state index contributed by atoms with van der Waals surface area (Å²) in [6, 6.07) is 13.8. The molecule has 29 heavy (non-hydrogen) atoms. The van der Waals surface area contributed by atoms with Crippen molar-refractivity contribution in [3.63, 3.8) is 0 Å². The Morgan fingerprint density at radius 3 is 2.55 bits per heavy atom. The number of benzene rings is 2. The van der Waals surface area contributed by atoms with Crippen LogP contribution in [0, 0.1) is 5.82 Å². The van der Waals surface area contributed by atoms with E-state index in [-0.39, 0.29) is 29.8 Å². The molecule has 1 aliphatic rings. The van der Waals surface area contributed by atoms with E-state index in [0.717, 1.165) is 30.5 Å². The van der Waals surface area contributed by atoms with E-state index in [4.69, 9.17) is 4.74 Å². The maximum absolute atomic E-state index is 13.2. The smallest absolute Gasteiger partial charge is 0.337 e. The van der Waals surface area contributed by atoms with Crippen molar-refractivity contribution in [2.45, 2.75) is 44.8 Å². The van der Waals surface area contributed by atoms with E-state index >= 15 is 0 Å². The van der Waals surface area contributed by atoms with E-state index in [2.05, 4.69) is 5.32 Å². The molecule has 0 unspecified atom stereocenters. The van der Waals surface area contributed by atoms with E-state index in [0.29, 0.717) is 18.5 Å². The summed E-state index contributed by atoms with van der Waals surface area (Å²) in [7, 11) is 1.37. The van der Waals surface area contributed by atoms with Crippen molar-refractivity contribution < 1.29 is 18.7 Å². The van der Waals surface area contributed by atoms with Gasteiger partial charge in [0.25, 0.3) is 0 Å². The van der Waals surface area contributed by atoms with Crippen LogP contribution in [0.15, 0.2) is 48.5 Å². The number of hydrogen-bond donors (Lipinski definition) is 1. The summed E-state index contributed by atoms with van der Waals surface area (Å²) in [6.45, 7) is 3.47. The maximum Gasteiger partial charge on any atom is 0.337 e. The number of ether oxygens (including phenoxy) is 1. The average Bonchev–Trinajstić information content (AvgIpc) is 3.11. The lowest BCUT2D eigenvalue weighted by atomic mass is 10.0. The highest BCUT2D eigenvalue weighted by molar-refractivity contribution is 5.89. The molecular weight excluding hydrogens is 371 g/mol. The minimum Gasteiger partial charge on any atom is -0.465 e. The Bertz CT molecular complexity index is 836. The molecule has 0 saturated carbocycles. The topological polar surface area (TPSA) is 58.6 Å². The molecule has 1 aliphatic heterocycles. The lowest BCUT2D eigenvalue weighted by Gasteiger charge is -2.31. The predicted molar refractivity (Wildman–Crippen MR) is 109 cm³/mol. The van der Waals surface area contributed by atoms with Gasteiger partial charge >= 0.3 is 5.97 Å². The Balaban J connectivity index is 1.51. The summed E-state index contributed by atoms with van der Waals surface area (Å²) in [6.07, 6.45) is 2.27. The number of likely N-dealkylation sites (tertiary alicyclic amines) is 1. The van der Waals surface area contributed by atoms with Gasteiger partial charge in [-0.25, -0.2) is 9.18 Å². The summed E-state index contributed by atoms with van der Waals surface area (Å²) in [5.41, 5.74) is 2.56. The highest BCUT2D eigenvalue weighted by atomic mass is 19.1. The van der Waals surface area contributed by atoms with Crippen molar-refractivity contribution in [2.75, 3.05) is 13.7 Å². The Hall–Kier alpha value is -2.73. The van der Waals surface area contributed by atoms with Crippen molar-refractivity contribution in [1.29, 1.82) is 0 Å². The Morgan fingerprint density at radius 1 is 1.21 bits per heavy atom. The third-order valence-electron chi connectivity index (χ3n) is 5.50. The molecule has 1 heterocycles. The molecule has 1 N–H and O–H groups in total. The number of halogens is 1. The van der Waals surface area contributed by atoms with Gasteiger partial charge < -0.3 is 15.0 Å². The molecule has 0 radical (unpaired) electrons. The molecular formula is C23H27FN2O3. The van der Waals surface area contributed by atoms with E-state index < -0.39 is 0 Å². The first-order chi connectivity index (χ1) is 14.0. The zero-order chi connectivity index (χ0) is 20.8. The second-order valence-electron chi connectivity index (χ2n) is 7.37. The van der Waals surface area contributed by atoms with Crippen molar-refractivity contribution in [1.82, 2.24) is 10.2 Å². The first-order valence-corrected chi connectivity index (χ1v) is 9.94. The molecule has 6 heteroatoms. The molecule has 2 atom stereocenters. The number of hydrogen-bond acceptors (Lipinski definition) is 4. The third kappa shape index (κ3) is 5.21. The highest BCUT2D eigenvalue weighted by Crippen LogP contribution is 2.31. The van der Waals surface area contributed by atoms with Crippen molar-refractivity contribution in [3.05, 3.63) is 71.0 Å². The van der Waals surface area contributed by atoms with Gasteiger partial charge in [0, 0.05) is 19.0 Å². The third-order valence-corrected chi connectivity index (χ3v) is 5.50. The van der Waals surface area contributed by atoms with Crippen LogP contribution < -0.4 is 5.32 Å². The van der Waals surface area contributed by atoms with Gasteiger partial charge in [-0.3, -0.25) is 4.79 Å². The van der Waals surface area contributed by atoms with Crippen molar-refractivity contribution >= 4 is 11.9 Å². The van der Waals surface area contributed by atoms with Crippen LogP contribution in [0.5, 0.6) is 0 Å². The van der Waals surface area contributed by atoms with Crippen molar-refractivity contribution in [2.24, 2.45) is 0 Å². The molecule has 0 aliphatic carbocycles. The molecule has 2 aromatic carbocycles. The second kappa shape index (κ2) is 9.65. The van der Waals surface area contributed by atoms with E-state index in [1.165, 1.54) is 19.2 Å². The highest BCUT2D eigenvalue weighted by Gasteiger charge is 2.34. The first kappa shape index (κ1) is 21.0. The van der Waals surface area contributed by atoms with E-state index in [9.17, 15) is 14.0 Å². The molecule has 5 nitrogen and oxygen atoms in total. The summed E-state index contributed by atoms with van der Waals surface area (Å²) in [5.74, 6) is -0.454. The van der Waals surface area contributed by atoms with E-state index in [1.807, 2.05) is 24.0 Å². The number of esters is 1. The quantitative estimate of drug-likeness (QED) is 0.542. The van der Waals surface area contributed by atoms with Crippen LogP contribution in [0.25, 0.3) is 0 Å². The normalized spacial score (nSPS) is 17.4. The Labute approximate surface area is 170 Å². The molecule has 3 rings (SSSR count). The van der Waals surface area contributed by atoms with Gasteiger partial charge in [0.05, 0.1) is 18.7 Å².